The van der Waals surface area contributed by atoms with Gasteiger partial charge in [-0.25, -0.2) is 19.9 Å². The molecule has 22 rings (SSSR count). The van der Waals surface area contributed by atoms with Gasteiger partial charge in [0.05, 0.1) is 243 Å². The predicted octanol–water partition coefficient (Wildman–Crippen LogP) is 21.3. The van der Waals surface area contributed by atoms with E-state index >= 15 is 0 Å². The number of ether oxygens (including phenoxy) is 8. The number of rotatable bonds is 34. The number of aromatic amines is 1. The first-order chi connectivity index (χ1) is 73.1. The lowest BCUT2D eigenvalue weighted by Gasteiger charge is -2.28. The number of imide groups is 1. The molecule has 12 aromatic heterocycles. The second-order valence-electron chi connectivity index (χ2n) is 33.7. The van der Waals surface area contributed by atoms with E-state index in [0.29, 0.717) is 119 Å². The second-order valence-corrected chi connectivity index (χ2v) is 39.1. The Bertz CT molecular complexity index is 8290. The van der Waals surface area contributed by atoms with Crippen molar-refractivity contribution in [1.29, 1.82) is 0 Å². The predicted molar refractivity (Wildman–Crippen MR) is 581 cm³/mol. The van der Waals surface area contributed by atoms with E-state index in [0.717, 1.165) is 145 Å². The molecule has 36 nitrogen and oxygen atoms in total. The molecular weight excluding hydrogens is 2030 g/mol. The standard InChI is InChI=1S/C29H23Cl2N5O2S2.C29H24N6O4.C26H24ClN5O3S.C24H24N8O3/c1-37-21-9-20(10-22(12-21)38-2)36(17-24-5-8-29(31)40-24)19-3-6-25-26(11-19)34-27(14-32-25)18-13-33-35(15-18)16-23-4-7-28(30)39-23;1-38-21-11-20(12-22(14-21)39-2)34(9-10-35-28(36)23-5-3-4-6-24(23)29(35)37)19-7-8-25-26(13-19)33-27(17-30-25)18-15-31-32-16-18;1-34-20-9-19(10-21(12-20)35-2)32(16-22-4-6-26(27)36-22)18-3-5-23-24(11-18)30-25(14-28-23)17-13-29-31(15-17)7-8-33;1-30-13-16(10-26-30)24-12-25-22-5-4-18(8-23(22)28-24)31(14-17-11-27-32(15-33)29-17)19-6-20(34-2)9-21(7-19)35-3/h3-15H,16-17H2,1-2H3;3-8,11-17H,9-10H2,1-2H3,(H,31,32);3-6,9-15,33H,7-8,16H2,1-2H3;4-13,33H,14-15H2,1-3H3. The van der Waals surface area contributed by atoms with Crippen LogP contribution in [0.25, 0.3) is 89.2 Å². The number of aromatic nitrogens is 19. The monoisotopic (exact) mass is 2120 g/mol. The number of aliphatic hydroxyl groups excluding tert-OH is 2. The van der Waals surface area contributed by atoms with Gasteiger partial charge < -0.3 is 67.7 Å². The number of aliphatic hydroxyl groups is 2. The Hall–Kier alpha value is -17.1. The highest BCUT2D eigenvalue weighted by molar-refractivity contribution is 7.16. The summed E-state index contributed by atoms with van der Waals surface area (Å²) in [6, 6.07) is 65.2. The number of aryl methyl sites for hydroxylation is 1. The van der Waals surface area contributed by atoms with Crippen LogP contribution in [0, 0.1) is 0 Å². The van der Waals surface area contributed by atoms with Crippen molar-refractivity contribution in [2.75, 3.05) is 96.2 Å². The number of hydrogen-bond donors (Lipinski definition) is 3. The Balaban J connectivity index is 0.000000126. The summed E-state index contributed by atoms with van der Waals surface area (Å²) in [5.74, 6) is 4.73. The van der Waals surface area contributed by atoms with Gasteiger partial charge in [0.2, 0.25) is 0 Å². The summed E-state index contributed by atoms with van der Waals surface area (Å²) in [6.07, 6.45) is 23.1. The number of carbonyl (C=O) groups is 2. The zero-order chi connectivity index (χ0) is 104. The van der Waals surface area contributed by atoms with Crippen LogP contribution in [0.3, 0.4) is 0 Å². The third kappa shape index (κ3) is 23.6. The molecule has 0 spiro atoms. The van der Waals surface area contributed by atoms with Gasteiger partial charge in [0.15, 0.2) is 6.73 Å². The van der Waals surface area contributed by atoms with Crippen molar-refractivity contribution in [3.8, 4) is 91.0 Å². The highest BCUT2D eigenvalue weighted by Gasteiger charge is 2.36. The van der Waals surface area contributed by atoms with Crippen molar-refractivity contribution in [2.45, 2.75) is 39.5 Å². The number of nitrogens with zero attached hydrogens (tertiary/aromatic N) is 23. The summed E-state index contributed by atoms with van der Waals surface area (Å²) in [6.45, 7) is 2.88. The van der Waals surface area contributed by atoms with Gasteiger partial charge in [-0.05, 0) is 121 Å². The van der Waals surface area contributed by atoms with E-state index in [1.807, 2.05) is 217 Å². The Morgan fingerprint density at radius 1 is 0.353 bits per heavy atom. The largest absolute Gasteiger partial charge is 0.497 e. The van der Waals surface area contributed by atoms with E-state index in [-0.39, 0.29) is 31.7 Å². The van der Waals surface area contributed by atoms with Gasteiger partial charge in [0.25, 0.3) is 11.8 Å². The van der Waals surface area contributed by atoms with Crippen molar-refractivity contribution < 1.29 is 57.7 Å². The molecule has 0 fully saturated rings. The average Bonchev–Trinajstić information content (AvgIpc) is 1.62. The summed E-state index contributed by atoms with van der Waals surface area (Å²) in [5.41, 5.74) is 20.9. The van der Waals surface area contributed by atoms with Crippen molar-refractivity contribution in [1.82, 2.24) is 99.3 Å². The first-order valence-corrected chi connectivity index (χ1v) is 50.2. The lowest BCUT2D eigenvalue weighted by atomic mass is 10.1. The molecule has 0 unspecified atom stereocenters. The Morgan fingerprint density at radius 3 is 1.08 bits per heavy atom. The Morgan fingerprint density at radius 2 is 0.720 bits per heavy atom. The molecule has 0 atom stereocenters. The summed E-state index contributed by atoms with van der Waals surface area (Å²) in [7, 11) is 14.8. The van der Waals surface area contributed by atoms with E-state index in [2.05, 4.69) is 70.3 Å². The molecule has 2 amide bonds. The van der Waals surface area contributed by atoms with Crippen LogP contribution < -0.4 is 57.5 Å². The number of amides is 2. The molecule has 9 aromatic carbocycles. The molecule has 0 bridgehead atoms. The maximum Gasteiger partial charge on any atom is 0.261 e. The van der Waals surface area contributed by atoms with Gasteiger partial charge in [-0.3, -0.25) is 53.6 Å². The first kappa shape index (κ1) is 102. The van der Waals surface area contributed by atoms with Crippen LogP contribution in [0.15, 0.2) is 287 Å². The van der Waals surface area contributed by atoms with Gasteiger partial charge in [-0.1, -0.05) is 46.9 Å². The van der Waals surface area contributed by atoms with E-state index in [1.54, 1.807) is 186 Å². The zero-order valence-electron chi connectivity index (χ0n) is 82.1. The van der Waals surface area contributed by atoms with E-state index in [9.17, 15) is 19.8 Å². The molecule has 0 saturated carbocycles. The normalized spacial score (nSPS) is 11.5. The number of nitrogens with one attached hydrogen (secondary N) is 1. The van der Waals surface area contributed by atoms with Crippen molar-refractivity contribution >= 4 is 170 Å². The van der Waals surface area contributed by atoms with E-state index in [4.69, 9.17) is 92.6 Å². The maximum atomic E-state index is 13.0. The number of anilines is 8. The number of thiophene rings is 3. The first-order valence-electron chi connectivity index (χ1n) is 46.6. The summed E-state index contributed by atoms with van der Waals surface area (Å²) in [4.78, 5) is 78.2. The number of halogens is 3. The molecule has 0 aliphatic carbocycles. The molecule has 0 saturated heterocycles. The molecule has 21 aromatic rings. The maximum absolute atomic E-state index is 13.0. The number of H-pyrrole nitrogens is 1. The van der Waals surface area contributed by atoms with Crippen LogP contribution in [0.1, 0.15) is 41.0 Å². The van der Waals surface area contributed by atoms with Crippen molar-refractivity contribution in [2.24, 2.45) is 7.05 Å². The number of methoxy groups -OCH3 is 8. The van der Waals surface area contributed by atoms with Crippen LogP contribution in [-0.4, -0.2) is 198 Å². The number of benzene rings is 9. The van der Waals surface area contributed by atoms with E-state index < -0.39 is 0 Å². The van der Waals surface area contributed by atoms with Gasteiger partial charge in [-0.15, -0.1) is 34.0 Å². The molecule has 150 heavy (non-hydrogen) atoms. The minimum absolute atomic E-state index is 0.0220. The van der Waals surface area contributed by atoms with Crippen LogP contribution in [-0.2, 0) is 46.5 Å². The lowest BCUT2D eigenvalue weighted by molar-refractivity contribution is 0.0658. The third-order valence-electron chi connectivity index (χ3n) is 24.2. The minimum atomic E-state index is -0.298. The Kier molecular flexibility index (Phi) is 31.4. The molecule has 758 valence electrons. The SMILES string of the molecule is COc1cc(OC)cc(N(CCN2C(=O)c3ccccc3C2=O)c2ccc3ncc(-c4cn[nH]c4)nc3c2)c1.COc1cc(OC)cc(N(Cc2ccc(Cl)s2)c2ccc3ncc(-c4cnn(CCO)c4)nc3c2)c1.COc1cc(OC)cc(N(Cc2ccc(Cl)s2)c2ccc3ncc(-c4cnn(Cc5ccc(Cl)s5)c4)nc3c2)c1.COc1cc(OC)cc(N(Cc2cnn(CO)n2)c2ccc3ncc(-c4cnn(C)c4)nc3c2)c1. The van der Waals surface area contributed by atoms with Crippen LogP contribution in [0.2, 0.25) is 13.0 Å². The average molecular weight is 2120 g/mol. The van der Waals surface area contributed by atoms with Gasteiger partial charge in [0.1, 0.15) is 51.7 Å². The summed E-state index contributed by atoms with van der Waals surface area (Å²) < 4.78 is 51.7. The Labute approximate surface area is 886 Å². The molecule has 13 heterocycles. The molecule has 0 radical (unpaired) electrons. The minimum Gasteiger partial charge on any atom is -0.497 e. The van der Waals surface area contributed by atoms with Gasteiger partial charge in [0, 0.05) is 200 Å². The fraction of sp³-hybridized carbons (Fsp3) is 0.167. The summed E-state index contributed by atoms with van der Waals surface area (Å²) in [5, 5.41) is 46.8. The zero-order valence-corrected chi connectivity index (χ0v) is 86.8. The van der Waals surface area contributed by atoms with Gasteiger partial charge >= 0.3 is 0 Å². The van der Waals surface area contributed by atoms with Gasteiger partial charge in [-0.2, -0.15) is 35.4 Å². The number of fused-ring (bicyclic) bond motifs is 5. The van der Waals surface area contributed by atoms with Crippen LogP contribution >= 0.6 is 68.8 Å². The van der Waals surface area contributed by atoms with Crippen molar-refractivity contribution in [3.05, 3.63) is 331 Å². The fourth-order valence-corrected chi connectivity index (χ4v) is 20.0. The van der Waals surface area contributed by atoms with Crippen LogP contribution in [0.5, 0.6) is 46.0 Å². The molecule has 1 aliphatic heterocycles. The second kappa shape index (κ2) is 46.3. The summed E-state index contributed by atoms with van der Waals surface area (Å²) >= 11 is 23.2. The fourth-order valence-electron chi connectivity index (χ4n) is 16.7. The topological polar surface area (TPSA) is 381 Å². The third-order valence-corrected chi connectivity index (χ3v) is 27.9. The van der Waals surface area contributed by atoms with Crippen LogP contribution in [0.4, 0.5) is 45.5 Å². The highest BCUT2D eigenvalue weighted by atomic mass is 35.5. The smallest absolute Gasteiger partial charge is 0.261 e. The molecule has 42 heteroatoms. The molecular formula is C108H95Cl3N24O12S3. The molecule has 3 N–H and O–H groups in total. The number of hydrogen-bond acceptors (Lipinski definition) is 33. The quantitative estimate of drug-likeness (QED) is 0.0315. The molecule has 1 aliphatic rings. The van der Waals surface area contributed by atoms with E-state index in [1.165, 1.54) is 9.70 Å². The van der Waals surface area contributed by atoms with Crippen molar-refractivity contribution in [3.63, 3.8) is 0 Å². The highest BCUT2D eigenvalue weighted by Crippen LogP contribution is 2.43. The lowest BCUT2D eigenvalue weighted by Crippen LogP contribution is -2.36. The number of carbonyl (C=O) groups excluding carboxylic acids is 2.